The van der Waals surface area contributed by atoms with Crippen LogP contribution in [0.15, 0.2) is 40.9 Å². The molecule has 1 fully saturated rings. The van der Waals surface area contributed by atoms with Gasteiger partial charge in [-0.25, -0.2) is 0 Å². The minimum atomic E-state index is 0.180. The number of hydrogen-bond donors (Lipinski definition) is 0. The van der Waals surface area contributed by atoms with E-state index in [0.29, 0.717) is 11.8 Å². The zero-order valence-corrected chi connectivity index (χ0v) is 16.7. The maximum Gasteiger partial charge on any atom is 0.191 e. The molecule has 0 spiro atoms. The van der Waals surface area contributed by atoms with Crippen molar-refractivity contribution < 1.29 is 4.79 Å². The molecule has 2 aliphatic rings. The summed E-state index contributed by atoms with van der Waals surface area (Å²) in [6.07, 6.45) is 6.64. The third kappa shape index (κ3) is 3.60. The molecule has 0 atom stereocenters. The van der Waals surface area contributed by atoms with Crippen LogP contribution in [0.25, 0.3) is 0 Å². The second-order valence-corrected chi connectivity index (χ2v) is 9.28. The highest BCUT2D eigenvalue weighted by molar-refractivity contribution is 7.99. The molecule has 0 bridgehead atoms. The molecular weight excluding hydrogens is 374 g/mol. The van der Waals surface area contributed by atoms with Crippen molar-refractivity contribution in [3.63, 3.8) is 0 Å². The summed E-state index contributed by atoms with van der Waals surface area (Å²) in [5.41, 5.74) is 3.59. The van der Waals surface area contributed by atoms with E-state index in [-0.39, 0.29) is 5.78 Å². The van der Waals surface area contributed by atoms with Crippen molar-refractivity contribution >= 4 is 28.9 Å². The third-order valence-corrected chi connectivity index (χ3v) is 7.13. The SMILES string of the molecule is O=C(CSc1nnc(Cc2cccs2)n1C1CC1)c1ccc2c(c1)CCC2. The molecule has 4 nitrogen and oxygen atoms in total. The van der Waals surface area contributed by atoms with Crippen molar-refractivity contribution in [3.8, 4) is 0 Å². The summed E-state index contributed by atoms with van der Waals surface area (Å²) in [6, 6.07) is 10.9. The number of rotatable bonds is 7. The van der Waals surface area contributed by atoms with Crippen LogP contribution in [-0.2, 0) is 19.3 Å². The fourth-order valence-corrected chi connectivity index (χ4v) is 5.37. The molecule has 2 aliphatic carbocycles. The van der Waals surface area contributed by atoms with Gasteiger partial charge < -0.3 is 4.57 Å². The molecule has 0 unspecified atom stereocenters. The maximum atomic E-state index is 12.7. The van der Waals surface area contributed by atoms with Crippen LogP contribution in [0.5, 0.6) is 0 Å². The Kier molecular flexibility index (Phi) is 4.61. The van der Waals surface area contributed by atoms with Crippen LogP contribution in [0, 0.1) is 0 Å². The van der Waals surface area contributed by atoms with Gasteiger partial charge in [-0.15, -0.1) is 21.5 Å². The highest BCUT2D eigenvalue weighted by atomic mass is 32.2. The van der Waals surface area contributed by atoms with Crippen LogP contribution in [0.3, 0.4) is 0 Å². The van der Waals surface area contributed by atoms with E-state index in [1.54, 1.807) is 11.3 Å². The topological polar surface area (TPSA) is 47.8 Å². The van der Waals surface area contributed by atoms with E-state index in [4.69, 9.17) is 0 Å². The van der Waals surface area contributed by atoms with Crippen molar-refractivity contribution in [2.75, 3.05) is 5.75 Å². The van der Waals surface area contributed by atoms with Gasteiger partial charge in [-0.2, -0.15) is 0 Å². The number of aromatic nitrogens is 3. The average Bonchev–Trinajstić information content (AvgIpc) is 3.09. The summed E-state index contributed by atoms with van der Waals surface area (Å²) in [5.74, 6) is 1.62. The molecule has 3 aromatic rings. The van der Waals surface area contributed by atoms with E-state index in [2.05, 4.69) is 44.4 Å². The number of aryl methyl sites for hydroxylation is 2. The van der Waals surface area contributed by atoms with Crippen LogP contribution >= 0.6 is 23.1 Å². The Morgan fingerprint density at radius 1 is 1.19 bits per heavy atom. The molecule has 0 saturated heterocycles. The Labute approximate surface area is 167 Å². The fourth-order valence-electron chi connectivity index (χ4n) is 3.75. The predicted molar refractivity (Wildman–Crippen MR) is 109 cm³/mol. The standard InChI is InChI=1S/C21H21N3OS2/c25-19(16-7-6-14-3-1-4-15(14)11-16)13-27-21-23-22-20(24(21)17-8-9-17)12-18-5-2-10-26-18/h2,5-7,10-11,17H,1,3-4,8-9,12-13H2. The van der Waals surface area contributed by atoms with Gasteiger partial charge in [0.05, 0.1) is 5.75 Å². The number of carbonyl (C=O) groups is 1. The molecule has 0 radical (unpaired) electrons. The summed E-state index contributed by atoms with van der Waals surface area (Å²) in [7, 11) is 0. The third-order valence-electron chi connectivity index (χ3n) is 5.31. The molecule has 0 amide bonds. The predicted octanol–water partition coefficient (Wildman–Crippen LogP) is 4.73. The lowest BCUT2D eigenvalue weighted by atomic mass is 10.0. The van der Waals surface area contributed by atoms with Crippen molar-refractivity contribution in [1.29, 1.82) is 0 Å². The zero-order valence-electron chi connectivity index (χ0n) is 15.1. The zero-order chi connectivity index (χ0) is 18.2. The molecule has 0 N–H and O–H groups in total. The number of carbonyl (C=O) groups excluding carboxylic acids is 1. The lowest BCUT2D eigenvalue weighted by Gasteiger charge is -2.08. The largest absolute Gasteiger partial charge is 0.303 e. The van der Waals surface area contributed by atoms with Crippen LogP contribution in [0.1, 0.15) is 57.5 Å². The van der Waals surface area contributed by atoms with Gasteiger partial charge in [-0.05, 0) is 60.7 Å². The van der Waals surface area contributed by atoms with E-state index in [1.165, 1.54) is 47.0 Å². The van der Waals surface area contributed by atoms with Crippen LogP contribution in [-0.4, -0.2) is 26.3 Å². The summed E-state index contributed by atoms with van der Waals surface area (Å²) in [5, 5.41) is 11.8. The first-order valence-corrected chi connectivity index (χ1v) is 11.4. The molecule has 1 saturated carbocycles. The summed E-state index contributed by atoms with van der Waals surface area (Å²) < 4.78 is 2.26. The van der Waals surface area contributed by atoms with Gasteiger partial charge in [-0.1, -0.05) is 30.0 Å². The molecule has 6 heteroatoms. The average molecular weight is 396 g/mol. The Bertz CT molecular complexity index is 973. The van der Waals surface area contributed by atoms with Gasteiger partial charge in [0.15, 0.2) is 10.9 Å². The Morgan fingerprint density at radius 2 is 2.07 bits per heavy atom. The van der Waals surface area contributed by atoms with Gasteiger partial charge >= 0.3 is 0 Å². The number of benzene rings is 1. The van der Waals surface area contributed by atoms with Gasteiger partial charge in [0.1, 0.15) is 5.82 Å². The first kappa shape index (κ1) is 17.2. The van der Waals surface area contributed by atoms with Crippen molar-refractivity contribution in [2.45, 2.75) is 49.7 Å². The second kappa shape index (κ2) is 7.24. The van der Waals surface area contributed by atoms with Gasteiger partial charge in [0.2, 0.25) is 0 Å². The molecule has 5 rings (SSSR count). The van der Waals surface area contributed by atoms with Gasteiger partial charge in [-0.3, -0.25) is 4.79 Å². The van der Waals surface area contributed by atoms with Crippen LogP contribution in [0.2, 0.25) is 0 Å². The number of fused-ring (bicyclic) bond motifs is 1. The van der Waals surface area contributed by atoms with E-state index in [0.717, 1.165) is 35.8 Å². The van der Waals surface area contributed by atoms with Crippen LogP contribution < -0.4 is 0 Å². The Balaban J connectivity index is 1.31. The number of nitrogens with zero attached hydrogens (tertiary/aromatic N) is 3. The second-order valence-electron chi connectivity index (χ2n) is 7.31. The Morgan fingerprint density at radius 3 is 2.89 bits per heavy atom. The van der Waals surface area contributed by atoms with E-state index >= 15 is 0 Å². The molecule has 1 aromatic carbocycles. The smallest absolute Gasteiger partial charge is 0.191 e. The van der Waals surface area contributed by atoms with Crippen molar-refractivity contribution in [3.05, 3.63) is 63.1 Å². The number of ketones is 1. The van der Waals surface area contributed by atoms with Gasteiger partial charge in [0, 0.05) is 22.9 Å². The fraction of sp³-hybridized carbons (Fsp3) is 0.381. The van der Waals surface area contributed by atoms with Crippen molar-refractivity contribution in [2.24, 2.45) is 0 Å². The Hall–Kier alpha value is -1.92. The number of hydrogen-bond acceptors (Lipinski definition) is 5. The van der Waals surface area contributed by atoms with Crippen molar-refractivity contribution in [1.82, 2.24) is 14.8 Å². The molecule has 0 aliphatic heterocycles. The summed E-state index contributed by atoms with van der Waals surface area (Å²) in [6.45, 7) is 0. The molecule has 2 heterocycles. The normalized spacial score (nSPS) is 15.9. The van der Waals surface area contributed by atoms with E-state index < -0.39 is 0 Å². The van der Waals surface area contributed by atoms with Crippen LogP contribution in [0.4, 0.5) is 0 Å². The van der Waals surface area contributed by atoms with E-state index in [9.17, 15) is 4.79 Å². The number of thiophene rings is 1. The molecule has 27 heavy (non-hydrogen) atoms. The minimum absolute atomic E-state index is 0.180. The maximum absolute atomic E-state index is 12.7. The van der Waals surface area contributed by atoms with E-state index in [1.807, 2.05) is 6.07 Å². The highest BCUT2D eigenvalue weighted by Crippen LogP contribution is 2.39. The highest BCUT2D eigenvalue weighted by Gasteiger charge is 2.30. The number of Topliss-reactive ketones (excluding diaryl/α,β-unsaturated/α-hetero) is 1. The molecule has 138 valence electrons. The minimum Gasteiger partial charge on any atom is -0.303 e. The monoisotopic (exact) mass is 395 g/mol. The lowest BCUT2D eigenvalue weighted by Crippen LogP contribution is -2.07. The summed E-state index contributed by atoms with van der Waals surface area (Å²) >= 11 is 3.28. The van der Waals surface area contributed by atoms with Gasteiger partial charge in [0.25, 0.3) is 0 Å². The summed E-state index contributed by atoms with van der Waals surface area (Å²) in [4.78, 5) is 14.0. The first-order valence-electron chi connectivity index (χ1n) is 9.52. The quantitative estimate of drug-likeness (QED) is 0.429. The first-order chi connectivity index (χ1) is 13.3. The number of thioether (sulfide) groups is 1. The molecular formula is C21H21N3OS2. The molecule has 2 aromatic heterocycles. The lowest BCUT2D eigenvalue weighted by molar-refractivity contribution is 0.102.